The molecular formula is C20H28N4O2. The van der Waals surface area contributed by atoms with E-state index in [2.05, 4.69) is 39.7 Å². The number of nitrogens with zero attached hydrogens (tertiary/aromatic N) is 2. The minimum Gasteiger partial charge on any atom is -0.481 e. The van der Waals surface area contributed by atoms with E-state index >= 15 is 0 Å². The van der Waals surface area contributed by atoms with Gasteiger partial charge in [0.15, 0.2) is 5.96 Å². The highest BCUT2D eigenvalue weighted by Crippen LogP contribution is 2.15. The van der Waals surface area contributed by atoms with Gasteiger partial charge in [-0.3, -0.25) is 4.99 Å². The number of hydrogen-bond acceptors (Lipinski definition) is 4. The van der Waals surface area contributed by atoms with Crippen LogP contribution < -0.4 is 15.4 Å². The molecule has 0 saturated carbocycles. The molecule has 1 heterocycles. The Balaban J connectivity index is 1.64. The van der Waals surface area contributed by atoms with Gasteiger partial charge in [-0.1, -0.05) is 30.3 Å². The molecule has 0 aliphatic heterocycles. The summed E-state index contributed by atoms with van der Waals surface area (Å²) < 4.78 is 11.0. The van der Waals surface area contributed by atoms with Gasteiger partial charge in [-0.15, -0.1) is 0 Å². The molecule has 6 heteroatoms. The third-order valence-corrected chi connectivity index (χ3v) is 3.94. The summed E-state index contributed by atoms with van der Waals surface area (Å²) in [5.41, 5.74) is 2.28. The lowest BCUT2D eigenvalue weighted by atomic mass is 10.1. The molecule has 2 rings (SSSR count). The summed E-state index contributed by atoms with van der Waals surface area (Å²) >= 11 is 0. The van der Waals surface area contributed by atoms with Crippen molar-refractivity contribution < 1.29 is 9.47 Å². The molecule has 1 unspecified atom stereocenters. The summed E-state index contributed by atoms with van der Waals surface area (Å²) in [6, 6.07) is 14.1. The van der Waals surface area contributed by atoms with E-state index in [0.29, 0.717) is 19.0 Å². The van der Waals surface area contributed by atoms with E-state index in [9.17, 15) is 0 Å². The Hall–Kier alpha value is -2.60. The molecule has 0 aliphatic carbocycles. The van der Waals surface area contributed by atoms with Crippen LogP contribution in [0, 0.1) is 0 Å². The number of benzene rings is 1. The molecule has 0 fully saturated rings. The van der Waals surface area contributed by atoms with Gasteiger partial charge in [0.2, 0.25) is 5.88 Å². The molecule has 2 N–H and O–H groups in total. The second-order valence-electron chi connectivity index (χ2n) is 5.84. The molecule has 0 aliphatic rings. The van der Waals surface area contributed by atoms with Gasteiger partial charge in [0.25, 0.3) is 0 Å². The average molecular weight is 356 g/mol. The Kier molecular flexibility index (Phi) is 8.42. The molecule has 6 nitrogen and oxygen atoms in total. The summed E-state index contributed by atoms with van der Waals surface area (Å²) in [7, 11) is 3.37. The van der Waals surface area contributed by atoms with Crippen molar-refractivity contribution in [2.75, 3.05) is 27.3 Å². The maximum atomic E-state index is 5.88. The molecular weight excluding hydrogens is 328 g/mol. The molecule has 0 radical (unpaired) electrons. The summed E-state index contributed by atoms with van der Waals surface area (Å²) in [5.74, 6) is 1.37. The topological polar surface area (TPSA) is 67.8 Å². The third kappa shape index (κ3) is 6.72. The van der Waals surface area contributed by atoms with Crippen LogP contribution in [0.3, 0.4) is 0 Å². The number of nitrogens with one attached hydrogen (secondary N) is 2. The molecule has 0 bridgehead atoms. The van der Waals surface area contributed by atoms with Crippen LogP contribution in [0.4, 0.5) is 0 Å². The quantitative estimate of drug-likeness (QED) is 0.411. The first kappa shape index (κ1) is 19.7. The molecule has 0 amide bonds. The third-order valence-electron chi connectivity index (χ3n) is 3.94. The highest BCUT2D eigenvalue weighted by atomic mass is 16.5. The van der Waals surface area contributed by atoms with Gasteiger partial charge in [0.1, 0.15) is 0 Å². The second kappa shape index (κ2) is 11.1. The number of guanidine groups is 1. The fraction of sp³-hybridized carbons (Fsp3) is 0.400. The lowest BCUT2D eigenvalue weighted by Crippen LogP contribution is -2.37. The van der Waals surface area contributed by atoms with Gasteiger partial charge < -0.3 is 20.1 Å². The number of aromatic nitrogens is 1. The molecule has 0 saturated heterocycles. The van der Waals surface area contributed by atoms with Crippen molar-refractivity contribution in [1.29, 1.82) is 0 Å². The van der Waals surface area contributed by atoms with Crippen molar-refractivity contribution in [2.45, 2.75) is 26.0 Å². The number of pyridine rings is 1. The van der Waals surface area contributed by atoms with Crippen LogP contribution in [0.5, 0.6) is 5.88 Å². The van der Waals surface area contributed by atoms with Gasteiger partial charge in [0, 0.05) is 39.0 Å². The average Bonchev–Trinajstić information content (AvgIpc) is 2.70. The van der Waals surface area contributed by atoms with E-state index in [1.54, 1.807) is 20.4 Å². The Bertz CT molecular complexity index is 677. The zero-order valence-electron chi connectivity index (χ0n) is 15.7. The van der Waals surface area contributed by atoms with Crippen molar-refractivity contribution in [2.24, 2.45) is 4.99 Å². The second-order valence-corrected chi connectivity index (χ2v) is 5.84. The first-order chi connectivity index (χ1) is 12.7. The monoisotopic (exact) mass is 356 g/mol. The standard InChI is InChI=1S/C20H28N4O2/c1-16(18-8-5-4-6-9-18)26-13-7-11-23-20(21-2)24-15-17-10-12-22-19(14-17)25-3/h4-6,8-10,12,14,16H,7,11,13,15H2,1-3H3,(H2,21,23,24). The number of rotatable bonds is 9. The van der Waals surface area contributed by atoms with Gasteiger partial charge in [0.05, 0.1) is 13.2 Å². The van der Waals surface area contributed by atoms with E-state index < -0.39 is 0 Å². The lowest BCUT2D eigenvalue weighted by molar-refractivity contribution is 0.0646. The normalized spacial score (nSPS) is 12.5. The Morgan fingerprint density at radius 3 is 2.73 bits per heavy atom. The van der Waals surface area contributed by atoms with Crippen molar-refractivity contribution in [3.63, 3.8) is 0 Å². The van der Waals surface area contributed by atoms with E-state index in [0.717, 1.165) is 24.5 Å². The van der Waals surface area contributed by atoms with Crippen molar-refractivity contribution in [3.05, 3.63) is 59.8 Å². The van der Waals surface area contributed by atoms with Crippen LogP contribution in [-0.2, 0) is 11.3 Å². The zero-order chi connectivity index (χ0) is 18.6. The molecule has 26 heavy (non-hydrogen) atoms. The van der Waals surface area contributed by atoms with Crippen LogP contribution in [0.15, 0.2) is 53.7 Å². The summed E-state index contributed by atoms with van der Waals surface area (Å²) in [6.07, 6.45) is 2.74. The van der Waals surface area contributed by atoms with Crippen LogP contribution >= 0.6 is 0 Å². The Labute approximate surface area is 155 Å². The SMILES string of the molecule is CN=C(NCCCOC(C)c1ccccc1)NCc1ccnc(OC)c1. The minimum atomic E-state index is 0.107. The Morgan fingerprint density at radius 2 is 2.00 bits per heavy atom. The van der Waals surface area contributed by atoms with Gasteiger partial charge >= 0.3 is 0 Å². The Morgan fingerprint density at radius 1 is 1.19 bits per heavy atom. The maximum Gasteiger partial charge on any atom is 0.213 e. The fourth-order valence-corrected chi connectivity index (χ4v) is 2.44. The number of aliphatic imine (C=N–C) groups is 1. The van der Waals surface area contributed by atoms with Crippen LogP contribution in [-0.4, -0.2) is 38.3 Å². The van der Waals surface area contributed by atoms with Crippen LogP contribution in [0.1, 0.15) is 30.6 Å². The van der Waals surface area contributed by atoms with Crippen molar-refractivity contribution in [3.8, 4) is 5.88 Å². The number of methoxy groups -OCH3 is 1. The molecule has 1 atom stereocenters. The highest BCUT2D eigenvalue weighted by Gasteiger charge is 2.04. The predicted octanol–water partition coefficient (Wildman–Crippen LogP) is 2.92. The van der Waals surface area contributed by atoms with Crippen molar-refractivity contribution in [1.82, 2.24) is 15.6 Å². The van der Waals surface area contributed by atoms with Crippen molar-refractivity contribution >= 4 is 5.96 Å². The van der Waals surface area contributed by atoms with Crippen LogP contribution in [0.2, 0.25) is 0 Å². The largest absolute Gasteiger partial charge is 0.481 e. The van der Waals surface area contributed by atoms with Gasteiger partial charge in [-0.2, -0.15) is 0 Å². The lowest BCUT2D eigenvalue weighted by Gasteiger charge is -2.15. The summed E-state index contributed by atoms with van der Waals surface area (Å²) in [4.78, 5) is 8.33. The summed E-state index contributed by atoms with van der Waals surface area (Å²) in [6.45, 7) is 4.22. The molecule has 1 aromatic carbocycles. The minimum absolute atomic E-state index is 0.107. The predicted molar refractivity (Wildman–Crippen MR) is 104 cm³/mol. The summed E-state index contributed by atoms with van der Waals surface area (Å²) in [5, 5.41) is 6.57. The highest BCUT2D eigenvalue weighted by molar-refractivity contribution is 5.79. The number of hydrogen-bond donors (Lipinski definition) is 2. The van der Waals surface area contributed by atoms with E-state index in [1.807, 2.05) is 30.3 Å². The van der Waals surface area contributed by atoms with Gasteiger partial charge in [-0.05, 0) is 30.5 Å². The van der Waals surface area contributed by atoms with E-state index in [1.165, 1.54) is 5.56 Å². The maximum absolute atomic E-state index is 5.88. The smallest absolute Gasteiger partial charge is 0.213 e. The zero-order valence-corrected chi connectivity index (χ0v) is 15.7. The fourth-order valence-electron chi connectivity index (χ4n) is 2.44. The van der Waals surface area contributed by atoms with E-state index in [4.69, 9.17) is 9.47 Å². The molecule has 0 spiro atoms. The van der Waals surface area contributed by atoms with Crippen LogP contribution in [0.25, 0.3) is 0 Å². The first-order valence-corrected chi connectivity index (χ1v) is 8.83. The number of ether oxygens (including phenoxy) is 2. The molecule has 140 valence electrons. The molecule has 2 aromatic rings. The molecule has 1 aromatic heterocycles. The first-order valence-electron chi connectivity index (χ1n) is 8.83. The van der Waals surface area contributed by atoms with E-state index in [-0.39, 0.29) is 6.10 Å². The van der Waals surface area contributed by atoms with Gasteiger partial charge in [-0.25, -0.2) is 4.98 Å².